The van der Waals surface area contributed by atoms with Gasteiger partial charge in [-0.15, -0.1) is 0 Å². The SMILES string of the molecule is [2H]CCCOc1ccc2c(c1)CCC1C2CCC2(C)C(OCCCOC(C(F)(F)F)(C(F)(F)F)C(F)(F)F)CCC12. The summed E-state index contributed by atoms with van der Waals surface area (Å²) in [6.07, 6.45) is -15.3. The Hall–Kier alpha value is -1.69. The third-order valence-corrected chi connectivity index (χ3v) is 9.15. The van der Waals surface area contributed by atoms with E-state index in [4.69, 9.17) is 10.8 Å². The van der Waals surface area contributed by atoms with Crippen LogP contribution in [-0.4, -0.2) is 50.1 Å². The summed E-state index contributed by atoms with van der Waals surface area (Å²) in [6, 6.07) is 6.17. The first kappa shape index (κ1) is 29.8. The van der Waals surface area contributed by atoms with Crippen molar-refractivity contribution in [3.05, 3.63) is 29.3 Å². The van der Waals surface area contributed by atoms with Gasteiger partial charge >= 0.3 is 24.1 Å². The lowest BCUT2D eigenvalue weighted by molar-refractivity contribution is -0.457. The molecule has 12 heteroatoms. The van der Waals surface area contributed by atoms with Crippen LogP contribution in [0.1, 0.15) is 77.2 Å². The van der Waals surface area contributed by atoms with Gasteiger partial charge in [0.25, 0.3) is 0 Å². The molecule has 3 aliphatic carbocycles. The van der Waals surface area contributed by atoms with Crippen molar-refractivity contribution in [2.45, 2.75) is 101 Å². The number of halogens is 9. The van der Waals surface area contributed by atoms with Crippen LogP contribution in [0.3, 0.4) is 0 Å². The second kappa shape index (κ2) is 11.2. The molecule has 0 saturated heterocycles. The van der Waals surface area contributed by atoms with E-state index in [1.807, 2.05) is 6.07 Å². The number of benzene rings is 1. The standard InChI is InChI=1S/C28H35F9O3/c1-3-13-38-18-6-8-19-17(16-18)5-7-21-20(19)11-12-24(2)22(21)9-10-23(24)39-14-4-15-40-25(26(29,30)31,27(32,33)34)28(35,36)37/h6,8,16,20-23H,3-5,7,9-15H2,1-2H3/i1D. The fraction of sp³-hybridized carbons (Fsp3) is 0.786. The quantitative estimate of drug-likeness (QED) is 0.213. The van der Waals surface area contributed by atoms with Crippen LogP contribution in [0, 0.1) is 17.3 Å². The molecule has 228 valence electrons. The summed E-state index contributed by atoms with van der Waals surface area (Å²) >= 11 is 0. The smallest absolute Gasteiger partial charge is 0.435 e. The Morgan fingerprint density at radius 3 is 2.25 bits per heavy atom. The lowest BCUT2D eigenvalue weighted by Crippen LogP contribution is -2.67. The Labute approximate surface area is 229 Å². The lowest BCUT2D eigenvalue weighted by atomic mass is 9.55. The molecule has 0 spiro atoms. The Morgan fingerprint density at radius 1 is 0.900 bits per heavy atom. The van der Waals surface area contributed by atoms with Crippen LogP contribution in [-0.2, 0) is 15.9 Å². The van der Waals surface area contributed by atoms with Gasteiger partial charge in [-0.1, -0.05) is 19.9 Å². The predicted molar refractivity (Wildman–Crippen MR) is 128 cm³/mol. The van der Waals surface area contributed by atoms with E-state index in [2.05, 4.69) is 23.8 Å². The molecule has 0 aliphatic heterocycles. The Kier molecular flexibility index (Phi) is 8.33. The van der Waals surface area contributed by atoms with Gasteiger partial charge in [0, 0.05) is 7.98 Å². The van der Waals surface area contributed by atoms with E-state index in [1.165, 1.54) is 11.1 Å². The van der Waals surface area contributed by atoms with Crippen LogP contribution in [0.2, 0.25) is 0 Å². The van der Waals surface area contributed by atoms with E-state index >= 15 is 0 Å². The predicted octanol–water partition coefficient (Wildman–Crippen LogP) is 8.55. The molecule has 5 atom stereocenters. The molecule has 2 fully saturated rings. The molecule has 0 heterocycles. The fourth-order valence-corrected chi connectivity index (χ4v) is 7.30. The number of aryl methyl sites for hydroxylation is 1. The van der Waals surface area contributed by atoms with E-state index in [0.717, 1.165) is 37.9 Å². The second-order valence-corrected chi connectivity index (χ2v) is 11.3. The van der Waals surface area contributed by atoms with Crippen LogP contribution < -0.4 is 4.74 Å². The molecular formula is C28H35F9O3. The van der Waals surface area contributed by atoms with Crippen LogP contribution in [0.15, 0.2) is 18.2 Å². The largest absolute Gasteiger partial charge is 0.494 e. The van der Waals surface area contributed by atoms with Crippen molar-refractivity contribution in [2.75, 3.05) is 19.8 Å². The highest BCUT2D eigenvalue weighted by Gasteiger charge is 2.85. The Bertz CT molecular complexity index is 1010. The van der Waals surface area contributed by atoms with Gasteiger partial charge in [-0.25, -0.2) is 0 Å². The molecule has 1 aromatic rings. The third kappa shape index (κ3) is 5.43. The molecule has 0 amide bonds. The zero-order valence-corrected chi connectivity index (χ0v) is 22.2. The minimum atomic E-state index is -6.73. The van der Waals surface area contributed by atoms with Crippen molar-refractivity contribution in [3.8, 4) is 5.75 Å². The minimum absolute atomic E-state index is 0.244. The monoisotopic (exact) mass is 591 g/mol. The number of ether oxygens (including phenoxy) is 3. The van der Waals surface area contributed by atoms with Crippen LogP contribution in [0.25, 0.3) is 0 Å². The van der Waals surface area contributed by atoms with Crippen molar-refractivity contribution in [1.29, 1.82) is 0 Å². The highest BCUT2D eigenvalue weighted by Crippen LogP contribution is 2.62. The van der Waals surface area contributed by atoms with Gasteiger partial charge in [0.2, 0.25) is 0 Å². The highest BCUT2D eigenvalue weighted by atomic mass is 19.4. The van der Waals surface area contributed by atoms with Gasteiger partial charge in [0.1, 0.15) is 5.75 Å². The minimum Gasteiger partial charge on any atom is -0.494 e. The molecule has 1 aromatic carbocycles. The lowest BCUT2D eigenvalue weighted by Gasteiger charge is -2.50. The summed E-state index contributed by atoms with van der Waals surface area (Å²) < 4.78 is 140. The van der Waals surface area contributed by atoms with E-state index in [1.54, 1.807) is 0 Å². The summed E-state index contributed by atoms with van der Waals surface area (Å²) in [6.45, 7) is 1.18. The zero-order valence-electron chi connectivity index (χ0n) is 23.2. The summed E-state index contributed by atoms with van der Waals surface area (Å²) in [5.74, 6) is 1.88. The maximum absolute atomic E-state index is 13.1. The summed E-state index contributed by atoms with van der Waals surface area (Å²) in [5, 5.41) is 0. The van der Waals surface area contributed by atoms with E-state index < -0.39 is 37.2 Å². The van der Waals surface area contributed by atoms with Crippen molar-refractivity contribution in [3.63, 3.8) is 0 Å². The highest BCUT2D eigenvalue weighted by molar-refractivity contribution is 5.40. The van der Waals surface area contributed by atoms with Gasteiger partial charge < -0.3 is 14.2 Å². The third-order valence-electron chi connectivity index (χ3n) is 9.15. The summed E-state index contributed by atoms with van der Waals surface area (Å²) in [5.41, 5.74) is -3.93. The second-order valence-electron chi connectivity index (χ2n) is 11.3. The first-order valence-corrected chi connectivity index (χ1v) is 13.6. The summed E-state index contributed by atoms with van der Waals surface area (Å²) in [7, 11) is 0. The van der Waals surface area contributed by atoms with Gasteiger partial charge in [-0.3, -0.25) is 0 Å². The van der Waals surface area contributed by atoms with Gasteiger partial charge in [0.05, 0.1) is 19.3 Å². The van der Waals surface area contributed by atoms with Gasteiger partial charge in [-0.2, -0.15) is 39.5 Å². The number of alkyl halides is 9. The van der Waals surface area contributed by atoms with Gasteiger partial charge in [0.15, 0.2) is 0 Å². The van der Waals surface area contributed by atoms with Crippen molar-refractivity contribution in [2.24, 2.45) is 17.3 Å². The first-order valence-electron chi connectivity index (χ1n) is 14.3. The molecule has 3 nitrogen and oxygen atoms in total. The van der Waals surface area contributed by atoms with Gasteiger partial charge in [-0.05, 0) is 97.8 Å². The topological polar surface area (TPSA) is 27.7 Å². The average molecular weight is 592 g/mol. The number of hydrogen-bond acceptors (Lipinski definition) is 3. The van der Waals surface area contributed by atoms with E-state index in [9.17, 15) is 39.5 Å². The van der Waals surface area contributed by atoms with Crippen LogP contribution >= 0.6 is 0 Å². The zero-order chi connectivity index (χ0) is 30.3. The maximum atomic E-state index is 13.1. The molecule has 0 bridgehead atoms. The molecule has 3 aliphatic rings. The number of fused-ring (bicyclic) bond motifs is 5. The average Bonchev–Trinajstić information content (AvgIpc) is 3.19. The van der Waals surface area contributed by atoms with E-state index in [-0.39, 0.29) is 18.1 Å². The van der Waals surface area contributed by atoms with Crippen molar-refractivity contribution in [1.82, 2.24) is 0 Å². The molecule has 0 radical (unpaired) electrons. The molecule has 40 heavy (non-hydrogen) atoms. The van der Waals surface area contributed by atoms with Crippen LogP contribution in [0.5, 0.6) is 5.75 Å². The molecule has 4 rings (SSSR count). The molecule has 0 aromatic heterocycles. The summed E-state index contributed by atoms with van der Waals surface area (Å²) in [4.78, 5) is 0. The normalized spacial score (nSPS) is 29.4. The number of rotatable bonds is 9. The van der Waals surface area contributed by atoms with Crippen molar-refractivity contribution >= 4 is 0 Å². The van der Waals surface area contributed by atoms with Crippen molar-refractivity contribution < 1.29 is 55.1 Å². The molecule has 0 N–H and O–H groups in total. The Balaban J connectivity index is 1.35. The molecule has 2 saturated carbocycles. The Morgan fingerprint density at radius 2 is 1.60 bits per heavy atom. The van der Waals surface area contributed by atoms with E-state index in [0.29, 0.717) is 44.1 Å². The fourth-order valence-electron chi connectivity index (χ4n) is 7.30. The number of hydrogen-bond donors (Lipinski definition) is 0. The maximum Gasteiger partial charge on any atom is 0.435 e. The van der Waals surface area contributed by atoms with Crippen LogP contribution in [0.4, 0.5) is 39.5 Å². The molecular weight excluding hydrogens is 555 g/mol. The first-order chi connectivity index (χ1) is 19.1. The molecule has 5 unspecified atom stereocenters.